The molecule has 1 aromatic heterocycles. The number of hydrogen-bond donors (Lipinski definition) is 1. The molecule has 0 bridgehead atoms. The number of rotatable bonds is 7. The first kappa shape index (κ1) is 16.3. The van der Waals surface area contributed by atoms with Crippen LogP contribution in [0.2, 0.25) is 0 Å². The lowest BCUT2D eigenvalue weighted by molar-refractivity contribution is 0.0951. The fourth-order valence-corrected chi connectivity index (χ4v) is 2.63. The van der Waals surface area contributed by atoms with Gasteiger partial charge in [-0.25, -0.2) is 4.68 Å². The molecular formula is C18H25N3O. The first-order chi connectivity index (χ1) is 10.6. The Bertz CT molecular complexity index is 617. The highest BCUT2D eigenvalue weighted by Crippen LogP contribution is 2.17. The van der Waals surface area contributed by atoms with Crippen LogP contribution in [0, 0.1) is 13.8 Å². The van der Waals surface area contributed by atoms with Crippen molar-refractivity contribution in [2.24, 2.45) is 0 Å². The van der Waals surface area contributed by atoms with E-state index in [1.165, 1.54) is 12.8 Å². The Labute approximate surface area is 132 Å². The number of aryl methyl sites for hydroxylation is 1. The molecule has 0 fully saturated rings. The average molecular weight is 299 g/mol. The fraction of sp³-hybridized carbons (Fsp3) is 0.444. The summed E-state index contributed by atoms with van der Waals surface area (Å²) < 4.78 is 1.83. The van der Waals surface area contributed by atoms with Gasteiger partial charge >= 0.3 is 0 Å². The third-order valence-corrected chi connectivity index (χ3v) is 3.84. The van der Waals surface area contributed by atoms with Crippen LogP contribution in [0.1, 0.15) is 54.4 Å². The van der Waals surface area contributed by atoms with Crippen molar-refractivity contribution in [3.63, 3.8) is 0 Å². The number of unbranched alkanes of at least 4 members (excludes halogenated alkanes) is 3. The highest BCUT2D eigenvalue weighted by atomic mass is 16.1. The largest absolute Gasteiger partial charge is 0.352 e. The molecule has 22 heavy (non-hydrogen) atoms. The van der Waals surface area contributed by atoms with Crippen molar-refractivity contribution in [3.8, 4) is 5.69 Å². The lowest BCUT2D eigenvalue weighted by atomic mass is 10.1. The van der Waals surface area contributed by atoms with E-state index in [1.807, 2.05) is 48.9 Å². The summed E-state index contributed by atoms with van der Waals surface area (Å²) >= 11 is 0. The van der Waals surface area contributed by atoms with Gasteiger partial charge in [-0.15, -0.1) is 0 Å². The van der Waals surface area contributed by atoms with Gasteiger partial charge in [0.15, 0.2) is 0 Å². The number of nitrogens with one attached hydrogen (secondary N) is 1. The number of carbonyl (C=O) groups excluding carboxylic acids is 1. The molecule has 0 unspecified atom stereocenters. The fourth-order valence-electron chi connectivity index (χ4n) is 2.63. The summed E-state index contributed by atoms with van der Waals surface area (Å²) in [5, 5.41) is 7.53. The third-order valence-electron chi connectivity index (χ3n) is 3.84. The van der Waals surface area contributed by atoms with Crippen molar-refractivity contribution in [2.45, 2.75) is 46.5 Å². The first-order valence-corrected chi connectivity index (χ1v) is 8.05. The summed E-state index contributed by atoms with van der Waals surface area (Å²) in [6, 6.07) is 9.90. The normalized spacial score (nSPS) is 10.7. The van der Waals surface area contributed by atoms with Gasteiger partial charge < -0.3 is 5.32 Å². The minimum absolute atomic E-state index is 0.0197. The molecular weight excluding hydrogens is 274 g/mol. The van der Waals surface area contributed by atoms with Gasteiger partial charge in [-0.2, -0.15) is 5.10 Å². The van der Waals surface area contributed by atoms with Gasteiger partial charge in [0.05, 0.1) is 22.6 Å². The van der Waals surface area contributed by atoms with Gasteiger partial charge in [-0.3, -0.25) is 4.79 Å². The maximum atomic E-state index is 12.4. The van der Waals surface area contributed by atoms with Crippen LogP contribution in [0.4, 0.5) is 0 Å². The molecule has 2 aromatic rings. The van der Waals surface area contributed by atoms with Crippen molar-refractivity contribution in [3.05, 3.63) is 47.3 Å². The molecule has 118 valence electrons. The van der Waals surface area contributed by atoms with Crippen LogP contribution < -0.4 is 5.32 Å². The summed E-state index contributed by atoms with van der Waals surface area (Å²) in [6.45, 7) is 6.74. The van der Waals surface area contributed by atoms with Crippen molar-refractivity contribution >= 4 is 5.91 Å². The molecule has 0 aliphatic carbocycles. The van der Waals surface area contributed by atoms with E-state index in [9.17, 15) is 4.79 Å². The Morgan fingerprint density at radius 2 is 1.86 bits per heavy atom. The molecule has 0 saturated heterocycles. The van der Waals surface area contributed by atoms with Gasteiger partial charge in [0.1, 0.15) is 0 Å². The van der Waals surface area contributed by atoms with E-state index < -0.39 is 0 Å². The topological polar surface area (TPSA) is 46.9 Å². The zero-order chi connectivity index (χ0) is 15.9. The number of hydrogen-bond acceptors (Lipinski definition) is 2. The standard InChI is InChI=1S/C18H25N3O/c1-4-5-6-10-13-19-18(22)17-14(2)20-21(15(17)3)16-11-8-7-9-12-16/h7-9,11-12H,4-6,10,13H2,1-3H3,(H,19,22). The zero-order valence-electron chi connectivity index (χ0n) is 13.7. The van der Waals surface area contributed by atoms with E-state index in [0.717, 1.165) is 36.5 Å². The molecule has 0 atom stereocenters. The Morgan fingerprint density at radius 3 is 2.55 bits per heavy atom. The molecule has 4 heteroatoms. The summed E-state index contributed by atoms with van der Waals surface area (Å²) in [5.41, 5.74) is 3.33. The van der Waals surface area contributed by atoms with Crippen LogP contribution in [-0.4, -0.2) is 22.2 Å². The van der Waals surface area contributed by atoms with Crippen LogP contribution in [0.15, 0.2) is 30.3 Å². The SMILES string of the molecule is CCCCCCNC(=O)c1c(C)nn(-c2ccccc2)c1C. The van der Waals surface area contributed by atoms with Crippen LogP contribution in [0.5, 0.6) is 0 Å². The molecule has 1 N–H and O–H groups in total. The predicted molar refractivity (Wildman–Crippen MR) is 89.5 cm³/mol. The highest BCUT2D eigenvalue weighted by molar-refractivity contribution is 5.96. The van der Waals surface area contributed by atoms with Crippen LogP contribution in [0.25, 0.3) is 5.69 Å². The minimum atomic E-state index is -0.0197. The Morgan fingerprint density at radius 1 is 1.14 bits per heavy atom. The van der Waals surface area contributed by atoms with Crippen LogP contribution in [0.3, 0.4) is 0 Å². The second-order valence-electron chi connectivity index (χ2n) is 5.61. The van der Waals surface area contributed by atoms with Crippen molar-refractivity contribution < 1.29 is 4.79 Å². The zero-order valence-corrected chi connectivity index (χ0v) is 13.7. The second-order valence-corrected chi connectivity index (χ2v) is 5.61. The second kappa shape index (κ2) is 7.78. The van der Waals surface area contributed by atoms with Gasteiger partial charge in [0, 0.05) is 6.54 Å². The lowest BCUT2D eigenvalue weighted by Crippen LogP contribution is -2.25. The van der Waals surface area contributed by atoms with Crippen LogP contribution in [-0.2, 0) is 0 Å². The average Bonchev–Trinajstić information content (AvgIpc) is 2.82. The monoisotopic (exact) mass is 299 g/mol. The smallest absolute Gasteiger partial charge is 0.255 e. The molecule has 4 nitrogen and oxygen atoms in total. The summed E-state index contributed by atoms with van der Waals surface area (Å²) in [7, 11) is 0. The molecule has 1 heterocycles. The molecule has 0 aliphatic rings. The quantitative estimate of drug-likeness (QED) is 0.790. The number of benzene rings is 1. The number of amides is 1. The minimum Gasteiger partial charge on any atom is -0.352 e. The molecule has 0 saturated carbocycles. The van der Waals surface area contributed by atoms with Gasteiger partial charge in [0.2, 0.25) is 0 Å². The molecule has 0 radical (unpaired) electrons. The van der Waals surface area contributed by atoms with Gasteiger partial charge in [-0.05, 0) is 32.4 Å². The lowest BCUT2D eigenvalue weighted by Gasteiger charge is -2.06. The Kier molecular flexibility index (Phi) is 5.75. The molecule has 0 aliphatic heterocycles. The molecule has 2 rings (SSSR count). The summed E-state index contributed by atoms with van der Waals surface area (Å²) in [5.74, 6) is -0.0197. The van der Waals surface area contributed by atoms with E-state index in [2.05, 4.69) is 17.3 Å². The summed E-state index contributed by atoms with van der Waals surface area (Å²) in [4.78, 5) is 12.4. The first-order valence-electron chi connectivity index (χ1n) is 8.05. The number of aromatic nitrogens is 2. The highest BCUT2D eigenvalue weighted by Gasteiger charge is 2.18. The van der Waals surface area contributed by atoms with Crippen molar-refractivity contribution in [1.29, 1.82) is 0 Å². The molecule has 1 aromatic carbocycles. The van der Waals surface area contributed by atoms with E-state index in [0.29, 0.717) is 5.56 Å². The predicted octanol–water partition coefficient (Wildman–Crippen LogP) is 3.80. The maximum absolute atomic E-state index is 12.4. The molecule has 0 spiro atoms. The molecule has 1 amide bonds. The summed E-state index contributed by atoms with van der Waals surface area (Å²) in [6.07, 6.45) is 4.62. The number of nitrogens with zero attached hydrogens (tertiary/aromatic N) is 2. The van der Waals surface area contributed by atoms with Crippen LogP contribution >= 0.6 is 0 Å². The maximum Gasteiger partial charge on any atom is 0.255 e. The Hall–Kier alpha value is -2.10. The van der Waals surface area contributed by atoms with E-state index in [4.69, 9.17) is 0 Å². The van der Waals surface area contributed by atoms with Gasteiger partial charge in [0.25, 0.3) is 5.91 Å². The van der Waals surface area contributed by atoms with E-state index in [-0.39, 0.29) is 5.91 Å². The third kappa shape index (κ3) is 3.75. The Balaban J connectivity index is 2.08. The van der Waals surface area contributed by atoms with E-state index in [1.54, 1.807) is 0 Å². The van der Waals surface area contributed by atoms with E-state index >= 15 is 0 Å². The van der Waals surface area contributed by atoms with Gasteiger partial charge in [-0.1, -0.05) is 44.4 Å². The number of para-hydroxylation sites is 1. The van der Waals surface area contributed by atoms with Crippen molar-refractivity contribution in [1.82, 2.24) is 15.1 Å². The number of carbonyl (C=O) groups is 1. The van der Waals surface area contributed by atoms with Crippen molar-refractivity contribution in [2.75, 3.05) is 6.54 Å².